The summed E-state index contributed by atoms with van der Waals surface area (Å²) < 4.78 is 0. The zero-order valence-corrected chi connectivity index (χ0v) is 80.1. The number of carboxylic acids is 6. The van der Waals surface area contributed by atoms with Gasteiger partial charge in [0.05, 0.1) is 44.9 Å². The molecule has 56 nitrogen and oxygen atoms in total. The van der Waals surface area contributed by atoms with E-state index >= 15 is 0 Å². The number of likely N-dealkylation sites (tertiary alicyclic amines) is 1. The lowest BCUT2D eigenvalue weighted by molar-refractivity contribution is -0.145. The van der Waals surface area contributed by atoms with E-state index in [9.17, 15) is 156 Å². The van der Waals surface area contributed by atoms with Gasteiger partial charge in [0.15, 0.2) is 5.96 Å². The van der Waals surface area contributed by atoms with E-state index in [0.29, 0.717) is 6.42 Å². The van der Waals surface area contributed by atoms with E-state index in [1.54, 1.807) is 55.4 Å². The maximum absolute atomic E-state index is 14.7. The standard InChI is InChI=1S/C84H141N23O33/c1-12-40(7)64(103-57(112)35-90-56(111)34-91-67(123)42(9)92-76(132)53(36-108)101-74(130)51(32-38(3)4)99-70(126)46(19-16-30-89-84(87)88)95-72(128)48(23-27-60(117)118)96-71(127)47(22-26-59(115)116)94-69(125)45(86)21-25-58(113)114)80(136)104-63(39(5)6)79(135)105-65(41(8)13-2)82(138)107-31-17-20-55(107)78(134)100-52(33-62(121)122)75(131)102-54(37-109)77(133)93-43(10)68(124)106-66(44(11)110)81(137)97-49(24-28-61(119)120)73(129)98-50(83(139)140)18-14-15-29-85/h38-55,63-66,108-110H,12-37,85-86H2,1-11H3,(H,90,111)(H,91,123)(H,92,132)(H,93,133)(H,94,125)(H,95,128)(H,96,127)(H,97,137)(H,98,129)(H,99,126)(H,100,134)(H,101,130)(H,102,131)(H,103,112)(H,104,136)(H,105,135)(H,106,124)(H,113,114)(H,115,116)(H,117,118)(H,119,120)(H,121,122)(H,139,140)(H4,87,88,89)/t40-,41-,42-,43-,44+,45-,46-,47-,48-,49-,50-,51-,52-,53-,54-,55-,63-,64-,65-,66-/m0/s1. The number of guanidine groups is 1. The fourth-order valence-electron chi connectivity index (χ4n) is 13.6. The second-order valence-corrected chi connectivity index (χ2v) is 34.5. The third-order valence-corrected chi connectivity index (χ3v) is 22.1. The number of rotatable bonds is 68. The Hall–Kier alpha value is -13.6. The lowest BCUT2D eigenvalue weighted by atomic mass is 9.94. The molecule has 56 heteroatoms. The van der Waals surface area contributed by atoms with Crippen molar-refractivity contribution in [2.75, 3.05) is 45.9 Å². The lowest BCUT2D eigenvalue weighted by Gasteiger charge is -2.33. The normalized spacial score (nSPS) is 16.3. The minimum absolute atomic E-state index is 0.0432. The van der Waals surface area contributed by atoms with Crippen molar-refractivity contribution < 1.29 is 161 Å². The Bertz CT molecular complexity index is 4310. The van der Waals surface area contributed by atoms with Gasteiger partial charge in [0.1, 0.15) is 96.7 Å². The number of amides is 18. The first-order chi connectivity index (χ1) is 65.5. The third kappa shape index (κ3) is 46.2. The highest BCUT2D eigenvalue weighted by atomic mass is 16.4. The van der Waals surface area contributed by atoms with Crippen molar-refractivity contribution in [3.8, 4) is 0 Å². The molecule has 0 unspecified atom stereocenters. The number of hydrogen-bond acceptors (Lipinski definition) is 30. The van der Waals surface area contributed by atoms with E-state index in [1.165, 1.54) is 0 Å². The van der Waals surface area contributed by atoms with Gasteiger partial charge in [-0.2, -0.15) is 0 Å². The minimum atomic E-state index is -2.03. The number of carbonyl (C=O) groups excluding carboxylic acids is 18. The summed E-state index contributed by atoms with van der Waals surface area (Å²) >= 11 is 0. The van der Waals surface area contributed by atoms with Gasteiger partial charge in [-0.25, -0.2) is 4.79 Å². The summed E-state index contributed by atoms with van der Waals surface area (Å²) in [5.74, 6) is -31.5. The van der Waals surface area contributed by atoms with Crippen LogP contribution in [0.1, 0.15) is 198 Å². The van der Waals surface area contributed by atoms with E-state index in [0.717, 1.165) is 25.7 Å². The Morgan fingerprint density at radius 3 is 1.23 bits per heavy atom. The van der Waals surface area contributed by atoms with Gasteiger partial charge in [-0.15, -0.1) is 0 Å². The summed E-state index contributed by atoms with van der Waals surface area (Å²) in [7, 11) is 0. The molecule has 1 fully saturated rings. The number of nitrogens with one attached hydrogen (secondary N) is 19. The van der Waals surface area contributed by atoms with Crippen LogP contribution in [0.4, 0.5) is 0 Å². The van der Waals surface area contributed by atoms with Crippen LogP contribution < -0.4 is 113 Å². The number of aliphatic hydroxyl groups is 3. The Kier molecular flexibility index (Phi) is 56.6. The molecule has 1 aliphatic heterocycles. The molecule has 0 aliphatic carbocycles. The van der Waals surface area contributed by atoms with Crippen LogP contribution in [-0.4, -0.2) is 354 Å². The van der Waals surface area contributed by atoms with Crippen LogP contribution >= 0.6 is 0 Å². The van der Waals surface area contributed by atoms with E-state index in [-0.39, 0.29) is 77.4 Å². The first-order valence-corrected chi connectivity index (χ1v) is 45.6. The fraction of sp³-hybridized carbons (Fsp3) is 0.702. The van der Waals surface area contributed by atoms with Crippen LogP contribution in [0.15, 0.2) is 0 Å². The number of nitrogens with two attached hydrogens (primary N) is 3. The number of nitrogens with zero attached hydrogens (tertiary/aromatic N) is 1. The summed E-state index contributed by atoms with van der Waals surface area (Å²) in [5.41, 5.74) is 16.7. The molecule has 0 aromatic heterocycles. The molecule has 140 heavy (non-hydrogen) atoms. The van der Waals surface area contributed by atoms with Gasteiger partial charge in [0.2, 0.25) is 106 Å². The van der Waals surface area contributed by atoms with Gasteiger partial charge in [0.25, 0.3) is 0 Å². The maximum Gasteiger partial charge on any atom is 0.326 e. The molecule has 0 spiro atoms. The van der Waals surface area contributed by atoms with E-state index in [1.807, 2.05) is 0 Å². The largest absolute Gasteiger partial charge is 0.481 e. The zero-order chi connectivity index (χ0) is 107. The Labute approximate surface area is 805 Å². The molecule has 20 atom stereocenters. The first kappa shape index (κ1) is 124. The highest BCUT2D eigenvalue weighted by Gasteiger charge is 2.44. The van der Waals surface area contributed by atoms with E-state index < -0.39 is 365 Å². The molecule has 1 heterocycles. The van der Waals surface area contributed by atoms with Gasteiger partial charge >= 0.3 is 35.8 Å². The van der Waals surface area contributed by atoms with Crippen LogP contribution in [0.2, 0.25) is 0 Å². The SMILES string of the molecule is CC[C@H](C)[C@H](NC(=O)CNC(=O)CNC(=O)[C@H](C)NC(=O)[C@H](CO)NC(=O)[C@H](CC(C)C)NC(=O)[C@H](CCCNC(=N)N)NC(=O)[C@H](CCC(=O)O)NC(=O)[C@H](CCC(=O)O)NC(=O)[C@@H](N)CCC(=O)O)C(=O)N[C@H](C(=O)N[C@H](C(=O)N1CCC[C@H]1C(=O)N[C@@H](CC(=O)O)C(=O)N[C@@H](CO)C(=O)N[C@@H](C)C(=O)N[C@H](C(=O)N[C@@H](CCC(=O)O)C(=O)N[C@@H](CCCCN)C(=O)O)[C@@H](C)O)[C@@H](C)CC)C(C)C. The summed E-state index contributed by atoms with van der Waals surface area (Å²) in [5, 5.41) is 137. The molecular formula is C84H141N23O33. The molecule has 1 saturated heterocycles. The smallest absolute Gasteiger partial charge is 0.326 e. The Morgan fingerprint density at radius 2 is 0.779 bits per heavy atom. The van der Waals surface area contributed by atoms with Gasteiger partial charge < -0.3 is 164 Å². The highest BCUT2D eigenvalue weighted by molar-refractivity contribution is 6.02. The quantitative estimate of drug-likeness (QED) is 0.0153. The van der Waals surface area contributed by atoms with Crippen molar-refractivity contribution in [1.29, 1.82) is 5.41 Å². The topological polar surface area (TPSA) is 913 Å². The van der Waals surface area contributed by atoms with Crippen LogP contribution in [0.5, 0.6) is 0 Å². The maximum atomic E-state index is 14.7. The number of carboxylic acid groups (broad SMARTS) is 6. The van der Waals surface area contributed by atoms with Gasteiger partial charge in [-0.3, -0.25) is 116 Å². The second kappa shape index (κ2) is 63.8. The van der Waals surface area contributed by atoms with Gasteiger partial charge in [-0.05, 0) is 128 Å². The second-order valence-electron chi connectivity index (χ2n) is 34.5. The molecule has 1 aliphatic rings. The molecule has 0 saturated carbocycles. The number of carbonyl (C=O) groups is 24. The van der Waals surface area contributed by atoms with E-state index in [4.69, 9.17) is 27.7 Å². The average Bonchev–Trinajstić information content (AvgIpc) is 1.63. The monoisotopic (exact) mass is 2000 g/mol. The Balaban J connectivity index is 3.28. The van der Waals surface area contributed by atoms with Crippen molar-refractivity contribution >= 4 is 148 Å². The zero-order valence-electron chi connectivity index (χ0n) is 80.1. The molecule has 18 amide bonds. The molecular weight excluding hydrogens is 1860 g/mol. The molecule has 0 aromatic rings. The average molecular weight is 2000 g/mol. The molecule has 790 valence electrons. The summed E-state index contributed by atoms with van der Waals surface area (Å²) in [6, 6.07) is -28.2. The van der Waals surface area contributed by atoms with Crippen LogP contribution in [0.3, 0.4) is 0 Å². The summed E-state index contributed by atoms with van der Waals surface area (Å²) in [4.78, 5) is 319. The van der Waals surface area contributed by atoms with Crippen molar-refractivity contribution in [2.45, 2.75) is 307 Å². The molecule has 0 radical (unpaired) electrons. The first-order valence-electron chi connectivity index (χ1n) is 45.6. The Morgan fingerprint density at radius 1 is 0.386 bits per heavy atom. The molecule has 34 N–H and O–H groups in total. The van der Waals surface area contributed by atoms with Crippen molar-refractivity contribution in [3.05, 3.63) is 0 Å². The predicted octanol–water partition coefficient (Wildman–Crippen LogP) is -10.6. The van der Waals surface area contributed by atoms with Crippen molar-refractivity contribution in [3.63, 3.8) is 0 Å². The highest BCUT2D eigenvalue weighted by Crippen LogP contribution is 2.24. The van der Waals surface area contributed by atoms with Crippen LogP contribution in [0, 0.1) is 29.1 Å². The summed E-state index contributed by atoms with van der Waals surface area (Å²) in [6.45, 7) is 12.1. The summed E-state index contributed by atoms with van der Waals surface area (Å²) in [6.07, 6.45) is -7.39. The van der Waals surface area contributed by atoms with Gasteiger partial charge in [0, 0.05) is 38.8 Å². The van der Waals surface area contributed by atoms with Gasteiger partial charge in [-0.1, -0.05) is 68.2 Å². The van der Waals surface area contributed by atoms with E-state index in [2.05, 4.69) is 95.7 Å². The minimum Gasteiger partial charge on any atom is -0.481 e. The van der Waals surface area contributed by atoms with Crippen LogP contribution in [0.25, 0.3) is 0 Å². The lowest BCUT2D eigenvalue weighted by Crippen LogP contribution is -2.62. The predicted molar refractivity (Wildman–Crippen MR) is 488 cm³/mol. The number of hydrogen-bond donors (Lipinski definition) is 31. The van der Waals surface area contributed by atoms with Crippen molar-refractivity contribution in [2.24, 2.45) is 40.9 Å². The molecule has 0 aromatic carbocycles. The third-order valence-electron chi connectivity index (χ3n) is 22.1. The van der Waals surface area contributed by atoms with Crippen LogP contribution in [-0.2, 0) is 115 Å². The fourth-order valence-corrected chi connectivity index (χ4v) is 13.6. The molecule has 1 rings (SSSR count). The number of aliphatic hydroxyl groups excluding tert-OH is 3. The molecule has 0 bridgehead atoms. The number of unbranched alkanes of at least 4 members (excludes halogenated alkanes) is 1. The number of aliphatic carboxylic acids is 6. The van der Waals surface area contributed by atoms with Crippen molar-refractivity contribution in [1.82, 2.24) is 101 Å².